The number of hydrogen-bond acceptors (Lipinski definition) is 4. The first-order valence-electron chi connectivity index (χ1n) is 8.52. The SMILES string of the molecule is CC(CNC(=O)C(N)Cc1ccccc1)CN1CCN(C)CC1. The number of carbonyl (C=O) groups excluding carboxylic acids is 1. The zero-order chi connectivity index (χ0) is 16.7. The van der Waals surface area contributed by atoms with Crippen LogP contribution in [-0.4, -0.2) is 68.1 Å². The molecule has 0 saturated carbocycles. The van der Waals surface area contributed by atoms with Crippen LogP contribution in [0.4, 0.5) is 0 Å². The number of carbonyl (C=O) groups is 1. The molecule has 1 fully saturated rings. The quantitative estimate of drug-likeness (QED) is 0.771. The summed E-state index contributed by atoms with van der Waals surface area (Å²) in [5.41, 5.74) is 7.10. The first-order valence-corrected chi connectivity index (χ1v) is 8.52. The standard InChI is InChI=1S/C18H30N4O/c1-15(14-22-10-8-21(2)9-11-22)13-20-18(23)17(19)12-16-6-4-3-5-7-16/h3-7,15,17H,8-14,19H2,1-2H3,(H,20,23). The van der Waals surface area contributed by atoms with Crippen molar-refractivity contribution in [3.05, 3.63) is 35.9 Å². The van der Waals surface area contributed by atoms with Crippen molar-refractivity contribution in [2.45, 2.75) is 19.4 Å². The second kappa shape index (κ2) is 9.01. The predicted molar refractivity (Wildman–Crippen MR) is 94.2 cm³/mol. The maximum Gasteiger partial charge on any atom is 0.237 e. The molecule has 0 aromatic heterocycles. The second-order valence-electron chi connectivity index (χ2n) is 6.75. The number of rotatable bonds is 7. The molecular formula is C18H30N4O. The van der Waals surface area contributed by atoms with Gasteiger partial charge in [0.25, 0.3) is 0 Å². The maximum absolute atomic E-state index is 12.1. The fourth-order valence-corrected chi connectivity index (χ4v) is 2.90. The molecular weight excluding hydrogens is 288 g/mol. The molecule has 1 heterocycles. The molecule has 1 amide bonds. The van der Waals surface area contributed by atoms with Gasteiger partial charge < -0.3 is 20.9 Å². The Morgan fingerprint density at radius 3 is 2.52 bits per heavy atom. The van der Waals surface area contributed by atoms with Gasteiger partial charge in [-0.2, -0.15) is 0 Å². The van der Waals surface area contributed by atoms with E-state index in [-0.39, 0.29) is 5.91 Å². The molecule has 1 aromatic rings. The minimum atomic E-state index is -0.478. The Morgan fingerprint density at radius 1 is 1.22 bits per heavy atom. The second-order valence-corrected chi connectivity index (χ2v) is 6.75. The average Bonchev–Trinajstić information content (AvgIpc) is 2.55. The monoisotopic (exact) mass is 318 g/mol. The number of likely N-dealkylation sites (N-methyl/N-ethyl adjacent to an activating group) is 1. The van der Waals surface area contributed by atoms with Gasteiger partial charge in [0, 0.05) is 39.3 Å². The summed E-state index contributed by atoms with van der Waals surface area (Å²) in [5.74, 6) is 0.380. The van der Waals surface area contributed by atoms with E-state index in [2.05, 4.69) is 29.1 Å². The van der Waals surface area contributed by atoms with Crippen molar-refractivity contribution in [1.82, 2.24) is 15.1 Å². The third-order valence-corrected chi connectivity index (χ3v) is 4.43. The summed E-state index contributed by atoms with van der Waals surface area (Å²) in [6.07, 6.45) is 0.583. The smallest absolute Gasteiger partial charge is 0.237 e. The van der Waals surface area contributed by atoms with E-state index in [0.29, 0.717) is 18.9 Å². The Morgan fingerprint density at radius 2 is 1.87 bits per heavy atom. The highest BCUT2D eigenvalue weighted by molar-refractivity contribution is 5.81. The number of nitrogens with zero attached hydrogens (tertiary/aromatic N) is 2. The third kappa shape index (κ3) is 6.29. The fraction of sp³-hybridized carbons (Fsp3) is 0.611. The molecule has 0 spiro atoms. The van der Waals surface area contributed by atoms with Crippen LogP contribution in [0, 0.1) is 5.92 Å². The lowest BCUT2D eigenvalue weighted by Gasteiger charge is -2.34. The van der Waals surface area contributed by atoms with Gasteiger partial charge in [-0.05, 0) is 24.9 Å². The van der Waals surface area contributed by atoms with Crippen molar-refractivity contribution in [3.63, 3.8) is 0 Å². The molecule has 0 aliphatic carbocycles. The van der Waals surface area contributed by atoms with Crippen molar-refractivity contribution in [1.29, 1.82) is 0 Å². The molecule has 2 rings (SSSR count). The first-order chi connectivity index (χ1) is 11.0. The Kier molecular flexibility index (Phi) is 7.02. The topological polar surface area (TPSA) is 61.6 Å². The van der Waals surface area contributed by atoms with Crippen molar-refractivity contribution in [2.24, 2.45) is 11.7 Å². The molecule has 1 aliphatic rings. The van der Waals surface area contributed by atoms with Crippen LogP contribution in [0.25, 0.3) is 0 Å². The summed E-state index contributed by atoms with van der Waals surface area (Å²) < 4.78 is 0. The lowest BCUT2D eigenvalue weighted by Crippen LogP contribution is -2.48. The summed E-state index contributed by atoms with van der Waals surface area (Å²) in [4.78, 5) is 17.0. The maximum atomic E-state index is 12.1. The van der Waals surface area contributed by atoms with Crippen LogP contribution in [0.2, 0.25) is 0 Å². The summed E-state index contributed by atoms with van der Waals surface area (Å²) in [5, 5.41) is 3.00. The highest BCUT2D eigenvalue weighted by Gasteiger charge is 2.18. The lowest BCUT2D eigenvalue weighted by molar-refractivity contribution is -0.122. The first kappa shape index (κ1) is 17.9. The number of hydrogen-bond donors (Lipinski definition) is 2. The minimum Gasteiger partial charge on any atom is -0.354 e. The van der Waals surface area contributed by atoms with Gasteiger partial charge in [0.05, 0.1) is 6.04 Å². The van der Waals surface area contributed by atoms with Crippen LogP contribution >= 0.6 is 0 Å². The Hall–Kier alpha value is -1.43. The van der Waals surface area contributed by atoms with E-state index in [1.807, 2.05) is 30.3 Å². The Balaban J connectivity index is 1.66. The molecule has 5 nitrogen and oxygen atoms in total. The van der Waals surface area contributed by atoms with E-state index in [1.165, 1.54) is 0 Å². The van der Waals surface area contributed by atoms with Crippen molar-refractivity contribution < 1.29 is 4.79 Å². The molecule has 128 valence electrons. The Bertz CT molecular complexity index is 471. The molecule has 1 saturated heterocycles. The van der Waals surface area contributed by atoms with Crippen LogP contribution < -0.4 is 11.1 Å². The van der Waals surface area contributed by atoms with Gasteiger partial charge in [0.1, 0.15) is 0 Å². The summed E-state index contributed by atoms with van der Waals surface area (Å²) in [6.45, 7) is 8.38. The van der Waals surface area contributed by atoms with Crippen molar-refractivity contribution in [3.8, 4) is 0 Å². The minimum absolute atomic E-state index is 0.0564. The normalized spacial score (nSPS) is 19.3. The predicted octanol–water partition coefficient (Wildman–Crippen LogP) is 0.556. The van der Waals surface area contributed by atoms with E-state index in [0.717, 1.165) is 38.3 Å². The van der Waals surface area contributed by atoms with Crippen molar-refractivity contribution in [2.75, 3.05) is 46.3 Å². The average molecular weight is 318 g/mol. The molecule has 2 atom stereocenters. The zero-order valence-corrected chi connectivity index (χ0v) is 14.4. The van der Waals surface area contributed by atoms with Crippen LogP contribution in [0.5, 0.6) is 0 Å². The molecule has 2 unspecified atom stereocenters. The molecule has 3 N–H and O–H groups in total. The van der Waals surface area contributed by atoms with Crippen molar-refractivity contribution >= 4 is 5.91 Å². The molecule has 1 aliphatic heterocycles. The summed E-state index contributed by atoms with van der Waals surface area (Å²) in [7, 11) is 2.16. The highest BCUT2D eigenvalue weighted by Crippen LogP contribution is 2.05. The summed E-state index contributed by atoms with van der Waals surface area (Å²) >= 11 is 0. The Labute approximate surface area is 139 Å². The van der Waals surface area contributed by atoms with Gasteiger partial charge >= 0.3 is 0 Å². The number of amides is 1. The van der Waals surface area contributed by atoms with Crippen LogP contribution in [0.3, 0.4) is 0 Å². The molecule has 1 aromatic carbocycles. The van der Waals surface area contributed by atoms with Crippen LogP contribution in [0.1, 0.15) is 12.5 Å². The van der Waals surface area contributed by atoms with E-state index >= 15 is 0 Å². The van der Waals surface area contributed by atoms with Gasteiger partial charge in [-0.25, -0.2) is 0 Å². The van der Waals surface area contributed by atoms with E-state index in [9.17, 15) is 4.79 Å². The highest BCUT2D eigenvalue weighted by atomic mass is 16.2. The molecule has 5 heteroatoms. The molecule has 0 bridgehead atoms. The van der Waals surface area contributed by atoms with Gasteiger partial charge in [-0.3, -0.25) is 4.79 Å². The number of nitrogens with one attached hydrogen (secondary N) is 1. The van der Waals surface area contributed by atoms with Gasteiger partial charge in [0.15, 0.2) is 0 Å². The van der Waals surface area contributed by atoms with Gasteiger partial charge in [0.2, 0.25) is 5.91 Å². The third-order valence-electron chi connectivity index (χ3n) is 4.43. The largest absolute Gasteiger partial charge is 0.354 e. The van der Waals surface area contributed by atoms with E-state index in [1.54, 1.807) is 0 Å². The summed E-state index contributed by atoms with van der Waals surface area (Å²) in [6, 6.07) is 9.44. The van der Waals surface area contributed by atoms with E-state index in [4.69, 9.17) is 5.73 Å². The lowest BCUT2D eigenvalue weighted by atomic mass is 10.1. The number of benzene rings is 1. The van der Waals surface area contributed by atoms with Crippen LogP contribution in [-0.2, 0) is 11.2 Å². The van der Waals surface area contributed by atoms with E-state index < -0.39 is 6.04 Å². The fourth-order valence-electron chi connectivity index (χ4n) is 2.90. The number of piperazine rings is 1. The van der Waals surface area contributed by atoms with Crippen LogP contribution in [0.15, 0.2) is 30.3 Å². The number of nitrogens with two attached hydrogens (primary N) is 1. The van der Waals surface area contributed by atoms with Gasteiger partial charge in [-0.1, -0.05) is 37.3 Å². The molecule has 0 radical (unpaired) electrons. The van der Waals surface area contributed by atoms with Gasteiger partial charge in [-0.15, -0.1) is 0 Å². The zero-order valence-electron chi connectivity index (χ0n) is 14.4. The molecule has 23 heavy (non-hydrogen) atoms.